The van der Waals surface area contributed by atoms with Gasteiger partial charge in [0.25, 0.3) is 11.7 Å². The van der Waals surface area contributed by atoms with Crippen molar-refractivity contribution in [3.63, 3.8) is 0 Å². The highest BCUT2D eigenvalue weighted by Crippen LogP contribution is 2.26. The van der Waals surface area contributed by atoms with Gasteiger partial charge in [0.15, 0.2) is 0 Å². The molecule has 1 aliphatic rings. The van der Waals surface area contributed by atoms with Gasteiger partial charge >= 0.3 is 0 Å². The predicted molar refractivity (Wildman–Crippen MR) is 102 cm³/mol. The molecular weight excluding hydrogens is 370 g/mol. The van der Waals surface area contributed by atoms with Crippen LogP contribution in [-0.4, -0.2) is 35.6 Å². The average Bonchev–Trinajstić information content (AvgIpc) is 2.68. The van der Waals surface area contributed by atoms with E-state index in [0.717, 1.165) is 18.5 Å². The second-order valence-corrected chi connectivity index (χ2v) is 7.41. The van der Waals surface area contributed by atoms with Gasteiger partial charge in [-0.25, -0.2) is 0 Å². The maximum atomic E-state index is 12.7. The summed E-state index contributed by atoms with van der Waals surface area (Å²) in [6.07, 6.45) is 1.48. The summed E-state index contributed by atoms with van der Waals surface area (Å²) in [7, 11) is 0. The molecule has 142 valence electrons. The van der Waals surface area contributed by atoms with Crippen molar-refractivity contribution in [1.82, 2.24) is 4.90 Å². The summed E-state index contributed by atoms with van der Waals surface area (Å²) in [5, 5.41) is 2.89. The minimum absolute atomic E-state index is 0.0950. The van der Waals surface area contributed by atoms with Crippen LogP contribution in [0.5, 0.6) is 0 Å². The number of piperidine rings is 1. The number of anilines is 1. The average molecular weight is 390 g/mol. The lowest BCUT2D eigenvalue weighted by Gasteiger charge is -2.32. The molecule has 0 aromatic heterocycles. The Kier molecular flexibility index (Phi) is 6.45. The lowest BCUT2D eigenvalue weighted by atomic mass is 9.96. The van der Waals surface area contributed by atoms with E-state index in [-0.39, 0.29) is 17.7 Å². The van der Waals surface area contributed by atoms with E-state index in [1.54, 1.807) is 17.0 Å². The molecular formula is C20H20F2N2O2S. The van der Waals surface area contributed by atoms with Crippen molar-refractivity contribution < 1.29 is 18.4 Å². The number of alkyl halides is 2. The van der Waals surface area contributed by atoms with Crippen LogP contribution in [0.25, 0.3) is 0 Å². The Balaban J connectivity index is 1.61. The number of rotatable bonds is 5. The zero-order chi connectivity index (χ0) is 19.2. The Labute approximate surface area is 160 Å². The molecule has 1 aliphatic heterocycles. The molecule has 1 unspecified atom stereocenters. The maximum absolute atomic E-state index is 12.7. The van der Waals surface area contributed by atoms with Gasteiger partial charge in [-0.05, 0) is 49.2 Å². The summed E-state index contributed by atoms with van der Waals surface area (Å²) < 4.78 is 24.8. The van der Waals surface area contributed by atoms with Gasteiger partial charge in [0, 0.05) is 29.2 Å². The third-order valence-electron chi connectivity index (χ3n) is 4.45. The molecule has 1 atom stereocenters. The van der Waals surface area contributed by atoms with Crippen LogP contribution in [0.15, 0.2) is 59.5 Å². The van der Waals surface area contributed by atoms with E-state index in [1.807, 2.05) is 30.3 Å². The van der Waals surface area contributed by atoms with Crippen LogP contribution in [-0.2, 0) is 4.79 Å². The first-order valence-electron chi connectivity index (χ1n) is 8.73. The molecule has 2 amide bonds. The number of para-hydroxylation sites is 1. The molecule has 2 aromatic rings. The first-order chi connectivity index (χ1) is 13.0. The monoisotopic (exact) mass is 390 g/mol. The zero-order valence-electron chi connectivity index (χ0n) is 14.6. The Morgan fingerprint density at radius 1 is 1.07 bits per heavy atom. The second-order valence-electron chi connectivity index (χ2n) is 6.35. The minimum atomic E-state index is -2.49. The number of likely N-dealkylation sites (tertiary alicyclic amines) is 1. The molecule has 2 aromatic carbocycles. The number of hydrogen-bond donors (Lipinski definition) is 1. The third-order valence-corrected chi connectivity index (χ3v) is 5.17. The quantitative estimate of drug-likeness (QED) is 0.765. The number of nitrogens with zero attached hydrogens (tertiary/aromatic N) is 1. The fraction of sp³-hybridized carbons (Fsp3) is 0.300. The predicted octanol–water partition coefficient (Wildman–Crippen LogP) is 4.49. The molecule has 0 aliphatic carbocycles. The number of carbonyl (C=O) groups is 2. The Morgan fingerprint density at radius 3 is 2.44 bits per heavy atom. The van der Waals surface area contributed by atoms with Crippen molar-refractivity contribution in [3.8, 4) is 0 Å². The van der Waals surface area contributed by atoms with Crippen LogP contribution < -0.4 is 5.32 Å². The number of carbonyl (C=O) groups excluding carboxylic acids is 2. The fourth-order valence-electron chi connectivity index (χ4n) is 3.10. The molecule has 0 bridgehead atoms. The smallest absolute Gasteiger partial charge is 0.288 e. The number of thioether (sulfide) groups is 1. The highest BCUT2D eigenvalue weighted by atomic mass is 32.2. The number of nitrogens with one attached hydrogen (secondary N) is 1. The van der Waals surface area contributed by atoms with E-state index in [4.69, 9.17) is 0 Å². The largest absolute Gasteiger partial charge is 0.338 e. The van der Waals surface area contributed by atoms with Crippen LogP contribution in [0.3, 0.4) is 0 Å². The van der Waals surface area contributed by atoms with Crippen molar-refractivity contribution in [2.24, 2.45) is 5.92 Å². The number of halogens is 2. The van der Waals surface area contributed by atoms with E-state index >= 15 is 0 Å². The van der Waals surface area contributed by atoms with Crippen LogP contribution in [0.4, 0.5) is 14.5 Å². The molecule has 1 fully saturated rings. The molecule has 0 radical (unpaired) electrons. The van der Waals surface area contributed by atoms with Gasteiger partial charge in [0.05, 0.1) is 5.92 Å². The third kappa shape index (κ3) is 5.29. The summed E-state index contributed by atoms with van der Waals surface area (Å²) >= 11 is 0.448. The van der Waals surface area contributed by atoms with Crippen molar-refractivity contribution in [2.75, 3.05) is 18.4 Å². The van der Waals surface area contributed by atoms with Crippen molar-refractivity contribution in [2.45, 2.75) is 23.5 Å². The van der Waals surface area contributed by atoms with Gasteiger partial charge < -0.3 is 10.2 Å². The van der Waals surface area contributed by atoms with Crippen LogP contribution in [0, 0.1) is 5.92 Å². The fourth-order valence-corrected chi connectivity index (χ4v) is 3.60. The van der Waals surface area contributed by atoms with Crippen molar-refractivity contribution >= 4 is 29.3 Å². The van der Waals surface area contributed by atoms with Crippen LogP contribution in [0.2, 0.25) is 0 Å². The van der Waals surface area contributed by atoms with Gasteiger partial charge in [-0.15, -0.1) is 0 Å². The first kappa shape index (κ1) is 19.4. The van der Waals surface area contributed by atoms with E-state index in [9.17, 15) is 18.4 Å². The summed E-state index contributed by atoms with van der Waals surface area (Å²) in [5.41, 5.74) is 1.18. The summed E-state index contributed by atoms with van der Waals surface area (Å²) in [6.45, 7) is 0.937. The molecule has 27 heavy (non-hydrogen) atoms. The minimum Gasteiger partial charge on any atom is -0.338 e. The number of hydrogen-bond acceptors (Lipinski definition) is 3. The molecule has 1 heterocycles. The molecule has 0 saturated carbocycles. The van der Waals surface area contributed by atoms with E-state index in [0.29, 0.717) is 35.3 Å². The Morgan fingerprint density at radius 2 is 1.78 bits per heavy atom. The molecule has 3 rings (SSSR count). The van der Waals surface area contributed by atoms with Crippen LogP contribution >= 0.6 is 11.8 Å². The van der Waals surface area contributed by atoms with E-state index in [1.165, 1.54) is 12.1 Å². The lowest BCUT2D eigenvalue weighted by Crippen LogP contribution is -2.43. The molecule has 1 N–H and O–H groups in total. The summed E-state index contributed by atoms with van der Waals surface area (Å²) in [6, 6.07) is 15.4. The Hall–Kier alpha value is -2.41. The highest BCUT2D eigenvalue weighted by molar-refractivity contribution is 7.99. The molecule has 7 heteroatoms. The van der Waals surface area contributed by atoms with Crippen molar-refractivity contribution in [1.29, 1.82) is 0 Å². The highest BCUT2D eigenvalue weighted by Gasteiger charge is 2.29. The Bertz CT molecular complexity index is 784. The van der Waals surface area contributed by atoms with Gasteiger partial charge in [-0.2, -0.15) is 8.78 Å². The van der Waals surface area contributed by atoms with Crippen molar-refractivity contribution in [3.05, 3.63) is 60.2 Å². The molecule has 0 spiro atoms. The van der Waals surface area contributed by atoms with E-state index in [2.05, 4.69) is 5.32 Å². The number of benzene rings is 2. The maximum Gasteiger partial charge on any atom is 0.288 e. The first-order valence-corrected chi connectivity index (χ1v) is 9.61. The SMILES string of the molecule is O=C(Nc1ccccc1)C1CCCN(C(=O)c2ccc(SC(F)F)cc2)C1. The van der Waals surface area contributed by atoms with Gasteiger partial charge in [0.2, 0.25) is 5.91 Å². The topological polar surface area (TPSA) is 49.4 Å². The van der Waals surface area contributed by atoms with Gasteiger partial charge in [-0.1, -0.05) is 30.0 Å². The number of amides is 2. The van der Waals surface area contributed by atoms with Gasteiger partial charge in [0.1, 0.15) is 0 Å². The normalized spacial score (nSPS) is 17.0. The summed E-state index contributed by atoms with van der Waals surface area (Å²) in [4.78, 5) is 27.3. The van der Waals surface area contributed by atoms with Crippen LogP contribution in [0.1, 0.15) is 23.2 Å². The lowest BCUT2D eigenvalue weighted by molar-refractivity contribution is -0.121. The standard InChI is InChI=1S/C20H20F2N2O2S/c21-20(22)27-17-10-8-14(9-11-17)19(26)24-12-4-5-15(13-24)18(25)23-16-6-2-1-3-7-16/h1-3,6-11,15,20H,4-5,12-13H2,(H,23,25). The van der Waals surface area contributed by atoms with E-state index < -0.39 is 5.76 Å². The second kappa shape index (κ2) is 8.99. The molecule has 4 nitrogen and oxygen atoms in total. The van der Waals surface area contributed by atoms with Gasteiger partial charge in [-0.3, -0.25) is 9.59 Å². The zero-order valence-corrected chi connectivity index (χ0v) is 15.4. The molecule has 1 saturated heterocycles. The summed E-state index contributed by atoms with van der Waals surface area (Å²) in [5.74, 6) is -3.03.